The zero-order valence-electron chi connectivity index (χ0n) is 41.9. The smallest absolute Gasteiger partial charge is 0.508 e. The fourth-order valence-electron chi connectivity index (χ4n) is 5.64. The SMILES string of the molecule is CCC(C)C(C)=O.CCC(C)c1ccc(O)cc1.CCC(C)c1ccc(O)cc1.CCC(C)c1ccc(OC(=O)OC)cc1.CCC(C)c1ccccc1.CCC(C)c1ccccc1. The van der Waals surface area contributed by atoms with Crippen LogP contribution in [0.15, 0.2) is 133 Å². The summed E-state index contributed by atoms with van der Waals surface area (Å²) in [5.74, 6) is 4.89. The standard InChI is InChI=1S/C12H16O3.2C10H14O.2C10H14.C6H12O/c1-4-9(2)10-5-7-11(8-6-10)15-12(13)14-3;2*1-3-8(2)9-4-6-10(11)7-5-9;2*1-3-9(2)10-7-5-4-6-8-10;1-4-5(2)6(3)7/h5-9H,4H2,1-3H3;2*4-8,11H,3H2,1-2H3;2*4-9H,3H2,1-2H3;5H,4H2,1-3H3. The Morgan fingerprint density at radius 2 is 0.688 bits per heavy atom. The first kappa shape index (κ1) is 58.6. The summed E-state index contributed by atoms with van der Waals surface area (Å²) in [5.41, 5.74) is 6.74. The van der Waals surface area contributed by atoms with Crippen LogP contribution in [-0.2, 0) is 9.53 Å². The van der Waals surface area contributed by atoms with Gasteiger partial charge in [-0.25, -0.2) is 4.79 Å². The van der Waals surface area contributed by atoms with Gasteiger partial charge in [0.05, 0.1) is 7.11 Å². The summed E-state index contributed by atoms with van der Waals surface area (Å²) >= 11 is 0. The van der Waals surface area contributed by atoms with Crippen molar-refractivity contribution in [1.29, 1.82) is 0 Å². The van der Waals surface area contributed by atoms with Gasteiger partial charge in [-0.05, 0) is 139 Å². The Morgan fingerprint density at radius 3 is 0.906 bits per heavy atom. The third-order valence-electron chi connectivity index (χ3n) is 11.8. The average molecular weight is 877 g/mol. The van der Waals surface area contributed by atoms with Gasteiger partial charge in [0.1, 0.15) is 23.0 Å². The number of phenolic OH excluding ortho intramolecular Hbond substituents is 2. The van der Waals surface area contributed by atoms with Crippen molar-refractivity contribution in [2.45, 2.75) is 158 Å². The van der Waals surface area contributed by atoms with Gasteiger partial charge in [0, 0.05) is 5.92 Å². The number of carbonyl (C=O) groups excluding carboxylic acids is 2. The fourth-order valence-corrected chi connectivity index (χ4v) is 5.64. The number of rotatable bonds is 13. The van der Waals surface area contributed by atoms with Crippen LogP contribution in [0.3, 0.4) is 0 Å². The molecule has 2 N–H and O–H groups in total. The minimum absolute atomic E-state index is 0.264. The number of benzene rings is 5. The molecule has 0 aliphatic heterocycles. The van der Waals surface area contributed by atoms with E-state index in [9.17, 15) is 9.59 Å². The van der Waals surface area contributed by atoms with E-state index in [1.807, 2.05) is 50.2 Å². The van der Waals surface area contributed by atoms with Crippen LogP contribution < -0.4 is 4.74 Å². The molecule has 5 rings (SSSR count). The van der Waals surface area contributed by atoms with Crippen molar-refractivity contribution in [3.63, 3.8) is 0 Å². The topological polar surface area (TPSA) is 93.1 Å². The van der Waals surface area contributed by atoms with Crippen molar-refractivity contribution < 1.29 is 29.3 Å². The largest absolute Gasteiger partial charge is 0.513 e. The molecule has 0 spiro atoms. The van der Waals surface area contributed by atoms with E-state index in [-0.39, 0.29) is 5.92 Å². The maximum atomic E-state index is 10.8. The van der Waals surface area contributed by atoms with Crippen LogP contribution in [0.4, 0.5) is 4.79 Å². The maximum Gasteiger partial charge on any atom is 0.513 e. The molecule has 5 aromatic rings. The van der Waals surface area contributed by atoms with E-state index >= 15 is 0 Å². The van der Waals surface area contributed by atoms with E-state index in [4.69, 9.17) is 14.9 Å². The van der Waals surface area contributed by atoms with Crippen LogP contribution >= 0.6 is 0 Å². The lowest BCUT2D eigenvalue weighted by atomic mass is 9.99. The summed E-state index contributed by atoms with van der Waals surface area (Å²) in [6.45, 7) is 27.6. The molecule has 0 saturated heterocycles. The number of Topliss-reactive ketones (excluding diaryl/α,β-unsaturated/α-hetero) is 1. The monoisotopic (exact) mass is 877 g/mol. The van der Waals surface area contributed by atoms with Crippen molar-refractivity contribution >= 4 is 11.9 Å². The summed E-state index contributed by atoms with van der Waals surface area (Å²) in [7, 11) is 1.29. The summed E-state index contributed by atoms with van der Waals surface area (Å²) < 4.78 is 9.26. The summed E-state index contributed by atoms with van der Waals surface area (Å²) in [4.78, 5) is 21.2. The molecule has 0 aromatic heterocycles. The highest BCUT2D eigenvalue weighted by Gasteiger charge is 2.07. The predicted octanol–water partition coefficient (Wildman–Crippen LogP) is 17.2. The second kappa shape index (κ2) is 35.0. The normalized spacial score (nSPS) is 12.8. The Morgan fingerprint density at radius 1 is 0.422 bits per heavy atom. The number of hydrogen-bond donors (Lipinski definition) is 2. The van der Waals surface area contributed by atoms with E-state index in [1.165, 1.54) is 47.8 Å². The van der Waals surface area contributed by atoms with Crippen LogP contribution in [0, 0.1) is 5.92 Å². The van der Waals surface area contributed by atoms with E-state index < -0.39 is 6.16 Å². The Labute approximate surface area is 389 Å². The quantitative estimate of drug-likeness (QED) is 0.0904. The Kier molecular flexibility index (Phi) is 32.1. The van der Waals surface area contributed by atoms with Crippen molar-refractivity contribution in [1.82, 2.24) is 0 Å². The van der Waals surface area contributed by atoms with Crippen LogP contribution in [0.25, 0.3) is 0 Å². The average Bonchev–Trinajstić information content (AvgIpc) is 3.34. The van der Waals surface area contributed by atoms with Crippen molar-refractivity contribution in [3.05, 3.63) is 161 Å². The second-order valence-corrected chi connectivity index (χ2v) is 16.6. The van der Waals surface area contributed by atoms with Crippen LogP contribution in [0.1, 0.15) is 186 Å². The molecule has 6 heteroatoms. The highest BCUT2D eigenvalue weighted by molar-refractivity contribution is 5.77. The van der Waals surface area contributed by atoms with Gasteiger partial charge in [0.15, 0.2) is 0 Å². The summed E-state index contributed by atoms with van der Waals surface area (Å²) in [6, 6.07) is 43.6. The minimum Gasteiger partial charge on any atom is -0.508 e. The Balaban J connectivity index is 0.000000754. The molecular formula is C58H84O6. The highest BCUT2D eigenvalue weighted by Crippen LogP contribution is 2.23. The van der Waals surface area contributed by atoms with Gasteiger partial charge < -0.3 is 19.7 Å². The molecule has 0 radical (unpaired) electrons. The third kappa shape index (κ3) is 25.7. The highest BCUT2D eigenvalue weighted by atomic mass is 16.7. The first-order valence-corrected chi connectivity index (χ1v) is 23.5. The maximum absolute atomic E-state index is 10.8. The molecule has 6 nitrogen and oxygen atoms in total. The predicted molar refractivity (Wildman–Crippen MR) is 272 cm³/mol. The molecule has 352 valence electrons. The lowest BCUT2D eigenvalue weighted by molar-refractivity contribution is -0.120. The van der Waals surface area contributed by atoms with Gasteiger partial charge in [-0.2, -0.15) is 0 Å². The number of ether oxygens (including phenoxy) is 2. The first-order valence-electron chi connectivity index (χ1n) is 23.5. The molecule has 6 unspecified atom stereocenters. The molecule has 64 heavy (non-hydrogen) atoms. The molecule has 0 amide bonds. The van der Waals surface area contributed by atoms with E-state index in [1.54, 1.807) is 43.3 Å². The number of phenols is 2. The van der Waals surface area contributed by atoms with Crippen LogP contribution in [0.2, 0.25) is 0 Å². The van der Waals surface area contributed by atoms with Crippen molar-refractivity contribution in [2.75, 3.05) is 7.11 Å². The van der Waals surface area contributed by atoms with Crippen LogP contribution in [-0.4, -0.2) is 29.3 Å². The number of hydrogen-bond acceptors (Lipinski definition) is 6. The van der Waals surface area contributed by atoms with E-state index in [0.717, 1.165) is 25.7 Å². The number of ketones is 1. The minimum atomic E-state index is -0.689. The summed E-state index contributed by atoms with van der Waals surface area (Å²) in [5, 5.41) is 18.0. The summed E-state index contributed by atoms with van der Waals surface area (Å²) in [6.07, 6.45) is 6.11. The zero-order chi connectivity index (χ0) is 48.5. The van der Waals surface area contributed by atoms with E-state index in [0.29, 0.717) is 52.6 Å². The third-order valence-corrected chi connectivity index (χ3v) is 11.8. The molecule has 6 atom stereocenters. The Hall–Kier alpha value is -5.36. The van der Waals surface area contributed by atoms with Gasteiger partial charge in [-0.15, -0.1) is 0 Å². The van der Waals surface area contributed by atoms with Gasteiger partial charge in [0.2, 0.25) is 0 Å². The van der Waals surface area contributed by atoms with Crippen LogP contribution in [0.5, 0.6) is 17.2 Å². The van der Waals surface area contributed by atoms with Crippen molar-refractivity contribution in [2.24, 2.45) is 5.92 Å². The van der Waals surface area contributed by atoms with E-state index in [2.05, 4.69) is 135 Å². The molecule has 0 bridgehead atoms. The first-order chi connectivity index (χ1) is 30.5. The fraction of sp³-hybridized carbons (Fsp3) is 0.448. The molecule has 0 aliphatic rings. The number of methoxy groups -OCH3 is 1. The lowest BCUT2D eigenvalue weighted by Crippen LogP contribution is -2.07. The van der Waals surface area contributed by atoms with Gasteiger partial charge >= 0.3 is 6.16 Å². The molecular weight excluding hydrogens is 793 g/mol. The molecule has 0 heterocycles. The lowest BCUT2D eigenvalue weighted by Gasteiger charge is -2.09. The molecule has 0 saturated carbocycles. The Bertz CT molecular complexity index is 1780. The molecule has 5 aromatic carbocycles. The second-order valence-electron chi connectivity index (χ2n) is 16.6. The van der Waals surface area contributed by atoms with Gasteiger partial charge in [-0.1, -0.05) is 180 Å². The molecule has 0 aliphatic carbocycles. The van der Waals surface area contributed by atoms with Gasteiger partial charge in [-0.3, -0.25) is 4.79 Å². The van der Waals surface area contributed by atoms with Crippen molar-refractivity contribution in [3.8, 4) is 17.2 Å². The molecule has 0 fully saturated rings. The van der Waals surface area contributed by atoms with Gasteiger partial charge in [0.25, 0.3) is 0 Å². The number of aromatic hydroxyl groups is 2. The zero-order valence-corrected chi connectivity index (χ0v) is 41.9. The number of carbonyl (C=O) groups is 2.